The Hall–Kier alpha value is -2.48. The lowest BCUT2D eigenvalue weighted by atomic mass is 10.1. The van der Waals surface area contributed by atoms with Crippen LogP contribution in [-0.2, 0) is 11.2 Å². The predicted molar refractivity (Wildman–Crippen MR) is 77.5 cm³/mol. The molecule has 1 aromatic carbocycles. The number of carbonyl (C=O) groups excluding carboxylic acids is 1. The van der Waals surface area contributed by atoms with Crippen LogP contribution in [0.5, 0.6) is 0 Å². The van der Waals surface area contributed by atoms with Gasteiger partial charge in [-0.2, -0.15) is 0 Å². The highest BCUT2D eigenvalue weighted by Crippen LogP contribution is 2.11. The van der Waals surface area contributed by atoms with Crippen molar-refractivity contribution in [2.45, 2.75) is 19.8 Å². The topological polar surface area (TPSA) is 69.6 Å². The van der Waals surface area contributed by atoms with Crippen LogP contribution < -0.4 is 5.32 Å². The number of anilines is 1. The van der Waals surface area contributed by atoms with Gasteiger partial charge in [-0.15, -0.1) is 6.42 Å². The molecule has 0 fully saturated rings. The van der Waals surface area contributed by atoms with Gasteiger partial charge in [0.1, 0.15) is 6.54 Å². The summed E-state index contributed by atoms with van der Waals surface area (Å²) in [4.78, 5) is 23.6. The molecule has 5 nitrogen and oxygen atoms in total. The van der Waals surface area contributed by atoms with E-state index >= 15 is 0 Å². The van der Waals surface area contributed by atoms with Crippen LogP contribution in [0.1, 0.15) is 18.9 Å². The maximum absolute atomic E-state index is 11.9. The number of hydrogen-bond donors (Lipinski definition) is 2. The molecule has 1 rings (SSSR count). The number of hydrogen-bond acceptors (Lipinski definition) is 2. The number of urea groups is 1. The monoisotopic (exact) mass is 274 g/mol. The highest BCUT2D eigenvalue weighted by molar-refractivity contribution is 5.91. The standard InChI is InChI=1S/C15H18N2O3/c1-3-5-12-6-8-13(9-7-12)16-15(20)17(10-4-2)11-14(18)19/h2,6-9H,3,5,10-11H2,1H3,(H,16,20)(H,18,19). The number of terminal acetylenes is 1. The molecule has 0 unspecified atom stereocenters. The van der Waals surface area contributed by atoms with Crippen molar-refractivity contribution in [3.8, 4) is 12.3 Å². The van der Waals surface area contributed by atoms with Crippen LogP contribution in [0.4, 0.5) is 10.5 Å². The first-order valence-electron chi connectivity index (χ1n) is 6.37. The summed E-state index contributed by atoms with van der Waals surface area (Å²) in [5.74, 6) is 1.16. The molecule has 0 spiro atoms. The number of nitrogens with one attached hydrogen (secondary N) is 1. The first-order chi connectivity index (χ1) is 9.56. The molecule has 5 heteroatoms. The number of carbonyl (C=O) groups is 2. The fourth-order valence-electron chi connectivity index (χ4n) is 1.72. The van der Waals surface area contributed by atoms with E-state index in [1.54, 1.807) is 12.1 Å². The zero-order valence-corrected chi connectivity index (χ0v) is 11.4. The number of nitrogens with zero attached hydrogens (tertiary/aromatic N) is 1. The van der Waals surface area contributed by atoms with Crippen molar-refractivity contribution in [1.29, 1.82) is 0 Å². The van der Waals surface area contributed by atoms with Gasteiger partial charge >= 0.3 is 12.0 Å². The molecular formula is C15H18N2O3. The lowest BCUT2D eigenvalue weighted by Gasteiger charge is -2.18. The van der Waals surface area contributed by atoms with Crippen LogP contribution in [-0.4, -0.2) is 35.1 Å². The number of benzene rings is 1. The van der Waals surface area contributed by atoms with Crippen molar-refractivity contribution in [2.75, 3.05) is 18.4 Å². The molecule has 0 atom stereocenters. The second-order valence-electron chi connectivity index (χ2n) is 4.33. The van der Waals surface area contributed by atoms with Crippen LogP contribution in [0.25, 0.3) is 0 Å². The molecule has 0 aliphatic carbocycles. The van der Waals surface area contributed by atoms with Gasteiger partial charge in [0.25, 0.3) is 0 Å². The Kier molecular flexibility index (Phi) is 6.11. The molecular weight excluding hydrogens is 256 g/mol. The molecule has 0 aliphatic heterocycles. The van der Waals surface area contributed by atoms with Gasteiger partial charge in [0, 0.05) is 5.69 Å². The third kappa shape index (κ3) is 5.02. The first-order valence-corrected chi connectivity index (χ1v) is 6.37. The summed E-state index contributed by atoms with van der Waals surface area (Å²) in [7, 11) is 0. The molecule has 1 aromatic rings. The van der Waals surface area contributed by atoms with Crippen molar-refractivity contribution in [2.24, 2.45) is 0 Å². The smallest absolute Gasteiger partial charge is 0.323 e. The third-order valence-electron chi connectivity index (χ3n) is 2.64. The minimum absolute atomic E-state index is 0.0496. The zero-order valence-electron chi connectivity index (χ0n) is 11.4. The Morgan fingerprint density at radius 1 is 1.35 bits per heavy atom. The van der Waals surface area contributed by atoms with Gasteiger partial charge in [-0.25, -0.2) is 4.79 Å². The molecule has 0 saturated carbocycles. The Balaban J connectivity index is 2.67. The van der Waals surface area contributed by atoms with Gasteiger partial charge < -0.3 is 15.3 Å². The zero-order chi connectivity index (χ0) is 15.0. The van der Waals surface area contributed by atoms with Gasteiger partial charge in [-0.05, 0) is 24.1 Å². The van der Waals surface area contributed by atoms with E-state index in [4.69, 9.17) is 11.5 Å². The minimum atomic E-state index is -1.10. The van der Waals surface area contributed by atoms with Gasteiger partial charge in [0.05, 0.1) is 6.54 Å². The van der Waals surface area contributed by atoms with Crippen molar-refractivity contribution in [1.82, 2.24) is 4.90 Å². The Labute approximate surface area is 118 Å². The number of rotatable bonds is 6. The summed E-state index contributed by atoms with van der Waals surface area (Å²) in [6, 6.07) is 6.92. The minimum Gasteiger partial charge on any atom is -0.480 e. The molecule has 106 valence electrons. The highest BCUT2D eigenvalue weighted by atomic mass is 16.4. The van der Waals surface area contributed by atoms with E-state index in [9.17, 15) is 9.59 Å². The lowest BCUT2D eigenvalue weighted by molar-refractivity contribution is -0.137. The normalized spacial score (nSPS) is 9.60. The fourth-order valence-corrected chi connectivity index (χ4v) is 1.72. The largest absolute Gasteiger partial charge is 0.480 e. The van der Waals surface area contributed by atoms with E-state index in [0.717, 1.165) is 17.7 Å². The molecule has 20 heavy (non-hydrogen) atoms. The molecule has 2 N–H and O–H groups in total. The van der Waals surface area contributed by atoms with Crippen molar-refractivity contribution < 1.29 is 14.7 Å². The molecule has 0 aliphatic rings. The van der Waals surface area contributed by atoms with Crippen molar-refractivity contribution >= 4 is 17.7 Å². The number of amides is 2. The lowest BCUT2D eigenvalue weighted by Crippen LogP contribution is -2.39. The summed E-state index contributed by atoms with van der Waals surface area (Å²) in [6.07, 6.45) is 7.16. The second kappa shape index (κ2) is 7.85. The summed E-state index contributed by atoms with van der Waals surface area (Å²) in [6.45, 7) is 1.62. The Morgan fingerprint density at radius 2 is 2.00 bits per heavy atom. The van der Waals surface area contributed by atoms with E-state index in [-0.39, 0.29) is 6.54 Å². The van der Waals surface area contributed by atoms with Gasteiger partial charge in [0.15, 0.2) is 0 Å². The van der Waals surface area contributed by atoms with E-state index in [1.165, 1.54) is 5.56 Å². The molecule has 2 amide bonds. The second-order valence-corrected chi connectivity index (χ2v) is 4.33. The van der Waals surface area contributed by atoms with Crippen LogP contribution >= 0.6 is 0 Å². The van der Waals surface area contributed by atoms with E-state index in [1.807, 2.05) is 12.1 Å². The Bertz CT molecular complexity index is 503. The van der Waals surface area contributed by atoms with Gasteiger partial charge in [-0.3, -0.25) is 4.79 Å². The third-order valence-corrected chi connectivity index (χ3v) is 2.64. The maximum atomic E-state index is 11.9. The highest BCUT2D eigenvalue weighted by Gasteiger charge is 2.15. The summed E-state index contributed by atoms with van der Waals surface area (Å²) in [5, 5.41) is 11.4. The molecule has 0 radical (unpaired) electrons. The molecule has 0 aromatic heterocycles. The molecule has 0 saturated heterocycles. The summed E-state index contributed by atoms with van der Waals surface area (Å²) in [5.41, 5.74) is 1.80. The maximum Gasteiger partial charge on any atom is 0.323 e. The van der Waals surface area contributed by atoms with Crippen molar-refractivity contribution in [3.05, 3.63) is 29.8 Å². The van der Waals surface area contributed by atoms with Crippen molar-refractivity contribution in [3.63, 3.8) is 0 Å². The van der Waals surface area contributed by atoms with Crippen LogP contribution in [0.15, 0.2) is 24.3 Å². The summed E-state index contributed by atoms with van der Waals surface area (Å²) < 4.78 is 0. The van der Waals surface area contributed by atoms with Gasteiger partial charge in [-0.1, -0.05) is 31.4 Å². The van der Waals surface area contributed by atoms with E-state index < -0.39 is 18.5 Å². The molecule has 0 heterocycles. The number of aryl methyl sites for hydroxylation is 1. The average molecular weight is 274 g/mol. The van der Waals surface area contributed by atoms with Crippen LogP contribution in [0.3, 0.4) is 0 Å². The SMILES string of the molecule is C#CCN(CC(=O)O)C(=O)Nc1ccc(CCC)cc1. The van der Waals surface area contributed by atoms with Gasteiger partial charge in [0.2, 0.25) is 0 Å². The quantitative estimate of drug-likeness (QED) is 0.781. The van der Waals surface area contributed by atoms with E-state index in [0.29, 0.717) is 5.69 Å². The van der Waals surface area contributed by atoms with Crippen LogP contribution in [0, 0.1) is 12.3 Å². The average Bonchev–Trinajstić information content (AvgIpc) is 2.40. The molecule has 0 bridgehead atoms. The number of carboxylic acid groups (broad SMARTS) is 1. The predicted octanol–water partition coefficient (Wildman–Crippen LogP) is 2.19. The number of carboxylic acids is 1. The number of aliphatic carboxylic acids is 1. The fraction of sp³-hybridized carbons (Fsp3) is 0.333. The summed E-state index contributed by atoms with van der Waals surface area (Å²) >= 11 is 0. The first kappa shape index (κ1) is 15.6. The van der Waals surface area contributed by atoms with E-state index in [2.05, 4.69) is 18.2 Å². The van der Waals surface area contributed by atoms with Crippen LogP contribution in [0.2, 0.25) is 0 Å². The Morgan fingerprint density at radius 3 is 2.50 bits per heavy atom.